The Hall–Kier alpha value is -1.16. The molecule has 160 valence electrons. The number of hydrogen-bond donors (Lipinski definition) is 2. The van der Waals surface area contributed by atoms with Gasteiger partial charge in [-0.2, -0.15) is 0 Å². The molecule has 6 heteroatoms. The zero-order chi connectivity index (χ0) is 22.5. The van der Waals surface area contributed by atoms with Gasteiger partial charge in [0.05, 0.1) is 10.0 Å². The Morgan fingerprint density at radius 3 is 1.69 bits per heavy atom. The number of Topliss-reactive ketones (excluding diaryl/α,β-unsaturated/α-hetero) is 1. The number of rotatable bonds is 4. The molecule has 0 aliphatic rings. The Labute approximate surface area is 188 Å². The van der Waals surface area contributed by atoms with Gasteiger partial charge in [0.25, 0.3) is 0 Å². The van der Waals surface area contributed by atoms with Crippen molar-refractivity contribution in [1.82, 2.24) is 4.98 Å². The number of hydrogen-bond acceptors (Lipinski definition) is 2. The Bertz CT molecular complexity index is 909. The maximum Gasteiger partial charge on any atom is 0.186 e. The number of carbonyl (C=O) groups is 1. The van der Waals surface area contributed by atoms with E-state index in [1.54, 1.807) is 0 Å². The first-order chi connectivity index (χ1) is 13.0. The number of halogens is 3. The second kappa shape index (κ2) is 7.83. The van der Waals surface area contributed by atoms with E-state index in [1.807, 2.05) is 26.0 Å². The van der Waals surface area contributed by atoms with Crippen LogP contribution in [0.5, 0.6) is 5.75 Å². The highest BCUT2D eigenvalue weighted by Gasteiger charge is 2.34. The van der Waals surface area contributed by atoms with Crippen molar-refractivity contribution in [3.05, 3.63) is 49.7 Å². The van der Waals surface area contributed by atoms with Gasteiger partial charge < -0.3 is 10.1 Å². The SMILES string of the molecule is CC(C)(Cc1cc(C(C)(C)C)c(O)c(C(C)(C)C)c1)C(=O)c1[nH]c(Cl)c(Cl)c1Cl. The van der Waals surface area contributed by atoms with E-state index in [9.17, 15) is 9.90 Å². The van der Waals surface area contributed by atoms with Gasteiger partial charge in [-0.05, 0) is 33.9 Å². The lowest BCUT2D eigenvalue weighted by molar-refractivity contribution is 0.0833. The normalized spacial score (nSPS) is 13.1. The van der Waals surface area contributed by atoms with Gasteiger partial charge in [-0.1, -0.05) is 102 Å². The minimum absolute atomic E-state index is 0.145. The number of ketones is 1. The quantitative estimate of drug-likeness (QED) is 0.460. The molecule has 3 nitrogen and oxygen atoms in total. The first-order valence-corrected chi connectivity index (χ1v) is 10.7. The van der Waals surface area contributed by atoms with E-state index < -0.39 is 5.41 Å². The van der Waals surface area contributed by atoms with Crippen molar-refractivity contribution in [2.75, 3.05) is 0 Å². The Kier molecular flexibility index (Phi) is 6.51. The molecule has 1 heterocycles. The summed E-state index contributed by atoms with van der Waals surface area (Å²) in [6.07, 6.45) is 0.475. The second-order valence-corrected chi connectivity index (χ2v) is 11.5. The van der Waals surface area contributed by atoms with Crippen LogP contribution < -0.4 is 0 Å². The summed E-state index contributed by atoms with van der Waals surface area (Å²) < 4.78 is 0. The molecule has 0 aliphatic heterocycles. The number of phenolic OH excluding ortho intramolecular Hbond substituents is 1. The molecule has 29 heavy (non-hydrogen) atoms. The van der Waals surface area contributed by atoms with Gasteiger partial charge in [-0.3, -0.25) is 4.79 Å². The van der Waals surface area contributed by atoms with Crippen LogP contribution in [0.2, 0.25) is 15.2 Å². The molecule has 0 atom stereocenters. The van der Waals surface area contributed by atoms with Crippen molar-refractivity contribution >= 4 is 40.6 Å². The predicted octanol–water partition coefficient (Wildman–Crippen LogP) is 7.73. The number of nitrogens with one attached hydrogen (secondary N) is 1. The van der Waals surface area contributed by atoms with E-state index in [1.165, 1.54) is 0 Å². The fourth-order valence-electron chi connectivity index (χ4n) is 3.45. The highest BCUT2D eigenvalue weighted by atomic mass is 35.5. The lowest BCUT2D eigenvalue weighted by Crippen LogP contribution is -2.28. The number of aromatic hydroxyl groups is 1. The molecule has 0 saturated heterocycles. The Morgan fingerprint density at radius 1 is 0.897 bits per heavy atom. The molecule has 0 spiro atoms. The molecule has 2 N–H and O–H groups in total. The minimum Gasteiger partial charge on any atom is -0.507 e. The molecular weight excluding hydrogens is 429 g/mol. The van der Waals surface area contributed by atoms with Crippen LogP contribution in [-0.2, 0) is 17.3 Å². The topological polar surface area (TPSA) is 53.1 Å². The van der Waals surface area contributed by atoms with Crippen molar-refractivity contribution in [2.24, 2.45) is 5.41 Å². The zero-order valence-corrected chi connectivity index (χ0v) is 20.6. The molecule has 0 bridgehead atoms. The van der Waals surface area contributed by atoms with Gasteiger partial charge in [0.1, 0.15) is 16.6 Å². The van der Waals surface area contributed by atoms with Gasteiger partial charge in [0, 0.05) is 5.41 Å². The van der Waals surface area contributed by atoms with Gasteiger partial charge in [0.2, 0.25) is 0 Å². The average Bonchev–Trinajstić information content (AvgIpc) is 2.80. The lowest BCUT2D eigenvalue weighted by atomic mass is 9.75. The maximum atomic E-state index is 13.2. The van der Waals surface area contributed by atoms with Crippen molar-refractivity contribution in [3.8, 4) is 5.75 Å². The number of H-pyrrole nitrogens is 1. The number of aromatic amines is 1. The summed E-state index contributed by atoms with van der Waals surface area (Å²) in [7, 11) is 0. The first kappa shape index (κ1) is 24.1. The highest BCUT2D eigenvalue weighted by molar-refractivity contribution is 6.49. The van der Waals surface area contributed by atoms with Crippen LogP contribution in [0.15, 0.2) is 12.1 Å². The van der Waals surface area contributed by atoms with Crippen molar-refractivity contribution in [2.45, 2.75) is 72.6 Å². The summed E-state index contributed by atoms with van der Waals surface area (Å²) in [6, 6.07) is 3.99. The van der Waals surface area contributed by atoms with Gasteiger partial charge in [-0.15, -0.1) is 0 Å². The smallest absolute Gasteiger partial charge is 0.186 e. The number of carbonyl (C=O) groups excluding carboxylic acids is 1. The standard InChI is InChI=1S/C23H30Cl3NO2/c1-21(2,3)13-9-12(10-14(18(13)28)22(4,5)6)11-23(7,8)19(29)17-15(24)16(25)20(26)27-17/h9-10,27-28H,11H2,1-8H3. The minimum atomic E-state index is -0.761. The van der Waals surface area contributed by atoms with Crippen LogP contribution in [-0.4, -0.2) is 15.9 Å². The molecule has 0 fully saturated rings. The monoisotopic (exact) mass is 457 g/mol. The summed E-state index contributed by atoms with van der Waals surface area (Å²) in [5.74, 6) is 0.155. The van der Waals surface area contributed by atoms with E-state index >= 15 is 0 Å². The molecule has 0 unspecified atom stereocenters. The molecule has 2 aromatic rings. The van der Waals surface area contributed by atoms with E-state index in [0.717, 1.165) is 16.7 Å². The summed E-state index contributed by atoms with van der Waals surface area (Å²) in [5, 5.41) is 11.4. The molecule has 0 aliphatic carbocycles. The van der Waals surface area contributed by atoms with E-state index in [2.05, 4.69) is 46.5 Å². The van der Waals surface area contributed by atoms with Crippen molar-refractivity contribution < 1.29 is 9.90 Å². The second-order valence-electron chi connectivity index (χ2n) is 10.4. The van der Waals surface area contributed by atoms with Crippen molar-refractivity contribution in [1.29, 1.82) is 0 Å². The van der Waals surface area contributed by atoms with Crippen LogP contribution in [0.3, 0.4) is 0 Å². The highest BCUT2D eigenvalue weighted by Crippen LogP contribution is 2.42. The number of benzene rings is 1. The van der Waals surface area contributed by atoms with E-state index in [-0.39, 0.29) is 37.5 Å². The maximum absolute atomic E-state index is 13.2. The summed E-state index contributed by atoms with van der Waals surface area (Å²) in [6.45, 7) is 16.1. The van der Waals surface area contributed by atoms with Crippen LogP contribution in [0.1, 0.15) is 82.6 Å². The summed E-state index contributed by atoms with van der Waals surface area (Å²) in [5.41, 5.74) is 1.70. The Morgan fingerprint density at radius 2 is 1.34 bits per heavy atom. The fourth-order valence-corrected chi connectivity index (χ4v) is 4.06. The molecule has 1 aromatic carbocycles. The van der Waals surface area contributed by atoms with Crippen molar-refractivity contribution in [3.63, 3.8) is 0 Å². The number of phenols is 1. The Balaban J connectivity index is 2.54. The van der Waals surface area contributed by atoms with Crippen LogP contribution in [0.25, 0.3) is 0 Å². The lowest BCUT2D eigenvalue weighted by Gasteiger charge is -2.30. The molecule has 0 saturated carbocycles. The van der Waals surface area contributed by atoms with E-state index in [0.29, 0.717) is 12.2 Å². The summed E-state index contributed by atoms with van der Waals surface area (Å²) in [4.78, 5) is 16.0. The van der Waals surface area contributed by atoms with Gasteiger partial charge >= 0.3 is 0 Å². The van der Waals surface area contributed by atoms with Gasteiger partial charge in [-0.25, -0.2) is 0 Å². The zero-order valence-electron chi connectivity index (χ0n) is 18.4. The molecule has 2 rings (SSSR count). The largest absolute Gasteiger partial charge is 0.507 e. The third kappa shape index (κ3) is 4.95. The molecule has 0 radical (unpaired) electrons. The average molecular weight is 459 g/mol. The molecular formula is C23H30Cl3NO2. The van der Waals surface area contributed by atoms with Crippen LogP contribution in [0, 0.1) is 5.41 Å². The third-order valence-corrected chi connectivity index (χ3v) is 6.35. The third-order valence-electron chi connectivity index (χ3n) is 5.11. The summed E-state index contributed by atoms with van der Waals surface area (Å²) >= 11 is 18.2. The predicted molar refractivity (Wildman–Crippen MR) is 123 cm³/mol. The van der Waals surface area contributed by atoms with E-state index in [4.69, 9.17) is 34.8 Å². The number of aromatic nitrogens is 1. The molecule has 0 amide bonds. The van der Waals surface area contributed by atoms with Crippen LogP contribution in [0.4, 0.5) is 0 Å². The first-order valence-electron chi connectivity index (χ1n) is 9.61. The fraction of sp³-hybridized carbons (Fsp3) is 0.522. The van der Waals surface area contributed by atoms with Crippen LogP contribution >= 0.6 is 34.8 Å². The van der Waals surface area contributed by atoms with Gasteiger partial charge in [0.15, 0.2) is 5.78 Å². The molecule has 1 aromatic heterocycles.